The van der Waals surface area contributed by atoms with Crippen molar-refractivity contribution in [1.29, 1.82) is 0 Å². The number of aromatic nitrogens is 2. The van der Waals surface area contributed by atoms with E-state index < -0.39 is 0 Å². The fourth-order valence-corrected chi connectivity index (χ4v) is 5.10. The molecule has 0 radical (unpaired) electrons. The molecule has 0 aliphatic carbocycles. The first-order valence-corrected chi connectivity index (χ1v) is 12.1. The van der Waals surface area contributed by atoms with Gasteiger partial charge in [0, 0.05) is 12.7 Å². The molecule has 3 aromatic rings. The Morgan fingerprint density at radius 2 is 1.85 bits per heavy atom. The molecule has 4 rings (SSSR count). The molecule has 1 amide bonds. The Bertz CT molecular complexity index is 1320. The van der Waals surface area contributed by atoms with Gasteiger partial charge < -0.3 is 5.32 Å². The Morgan fingerprint density at radius 1 is 1.12 bits per heavy atom. The molecule has 1 atom stereocenters. The maximum absolute atomic E-state index is 13.4. The van der Waals surface area contributed by atoms with Gasteiger partial charge >= 0.3 is 0 Å². The van der Waals surface area contributed by atoms with Crippen molar-refractivity contribution in [3.05, 3.63) is 80.6 Å². The SMILES string of the molecule is Cc1cccn2c(=O)c(/C=C3\SC(=S)N([C@@H](C)c4ccccc4)C3=O)c(NCC(C)C)nc12. The van der Waals surface area contributed by atoms with Crippen LogP contribution in [0.5, 0.6) is 0 Å². The van der Waals surface area contributed by atoms with Crippen molar-refractivity contribution in [2.45, 2.75) is 33.7 Å². The fourth-order valence-electron chi connectivity index (χ4n) is 3.70. The van der Waals surface area contributed by atoms with Crippen LogP contribution in [0, 0.1) is 12.8 Å². The number of benzene rings is 1. The molecule has 1 N–H and O–H groups in total. The van der Waals surface area contributed by atoms with Crippen molar-refractivity contribution in [1.82, 2.24) is 14.3 Å². The molecule has 0 bridgehead atoms. The van der Waals surface area contributed by atoms with Crippen LogP contribution in [0.15, 0.2) is 58.4 Å². The molecule has 8 heteroatoms. The summed E-state index contributed by atoms with van der Waals surface area (Å²) in [7, 11) is 0. The lowest BCUT2D eigenvalue weighted by Crippen LogP contribution is -2.31. The van der Waals surface area contributed by atoms with Crippen LogP contribution < -0.4 is 10.9 Å². The lowest BCUT2D eigenvalue weighted by atomic mass is 10.1. The zero-order valence-electron chi connectivity index (χ0n) is 19.0. The molecule has 6 nitrogen and oxygen atoms in total. The number of fused-ring (bicyclic) bond motifs is 1. The molecule has 1 aliphatic rings. The molecule has 1 aliphatic heterocycles. The Hall–Kier alpha value is -2.97. The van der Waals surface area contributed by atoms with E-state index in [0.29, 0.717) is 38.7 Å². The van der Waals surface area contributed by atoms with Crippen LogP contribution in [0.4, 0.5) is 5.82 Å². The Kier molecular flexibility index (Phi) is 6.67. The minimum atomic E-state index is -0.226. The predicted molar refractivity (Wildman–Crippen MR) is 139 cm³/mol. The molecule has 1 fully saturated rings. The zero-order valence-corrected chi connectivity index (χ0v) is 20.7. The van der Waals surface area contributed by atoms with E-state index in [1.165, 1.54) is 16.2 Å². The van der Waals surface area contributed by atoms with Gasteiger partial charge in [0.1, 0.15) is 15.8 Å². The molecule has 33 heavy (non-hydrogen) atoms. The topological polar surface area (TPSA) is 66.7 Å². The van der Waals surface area contributed by atoms with E-state index in [9.17, 15) is 9.59 Å². The average Bonchev–Trinajstić information content (AvgIpc) is 3.07. The summed E-state index contributed by atoms with van der Waals surface area (Å²) in [6, 6.07) is 13.3. The van der Waals surface area contributed by atoms with Crippen molar-refractivity contribution >= 4 is 51.7 Å². The summed E-state index contributed by atoms with van der Waals surface area (Å²) >= 11 is 6.76. The molecule has 0 spiro atoms. The second kappa shape index (κ2) is 9.49. The monoisotopic (exact) mass is 478 g/mol. The first-order chi connectivity index (χ1) is 15.8. The molecule has 3 heterocycles. The second-order valence-corrected chi connectivity index (χ2v) is 10.2. The number of rotatable bonds is 6. The molecule has 2 aromatic heterocycles. The van der Waals surface area contributed by atoms with E-state index in [0.717, 1.165) is 11.1 Å². The highest BCUT2D eigenvalue weighted by molar-refractivity contribution is 8.26. The Labute approximate surface area is 202 Å². The highest BCUT2D eigenvalue weighted by Gasteiger charge is 2.36. The number of anilines is 1. The third kappa shape index (κ3) is 4.58. The molecule has 170 valence electrons. The van der Waals surface area contributed by atoms with Crippen LogP contribution in [0.3, 0.4) is 0 Å². The summed E-state index contributed by atoms with van der Waals surface area (Å²) < 4.78 is 2.00. The Balaban J connectivity index is 1.78. The molecule has 0 unspecified atom stereocenters. The lowest BCUT2D eigenvalue weighted by molar-refractivity contribution is -0.123. The van der Waals surface area contributed by atoms with Crippen LogP contribution in [0.1, 0.15) is 43.5 Å². The summed E-state index contributed by atoms with van der Waals surface area (Å²) in [5.41, 5.74) is 2.62. The fraction of sp³-hybridized carbons (Fsp3) is 0.280. The van der Waals surface area contributed by atoms with E-state index in [-0.39, 0.29) is 17.5 Å². The third-order valence-electron chi connectivity index (χ3n) is 5.53. The maximum atomic E-state index is 13.4. The summed E-state index contributed by atoms with van der Waals surface area (Å²) in [6.07, 6.45) is 3.33. The number of carbonyl (C=O) groups excluding carboxylic acids is 1. The molecule has 1 saturated heterocycles. The van der Waals surface area contributed by atoms with Gasteiger partial charge in [-0.15, -0.1) is 0 Å². The van der Waals surface area contributed by atoms with Gasteiger partial charge in [-0.25, -0.2) is 4.98 Å². The van der Waals surface area contributed by atoms with Crippen molar-refractivity contribution in [3.63, 3.8) is 0 Å². The van der Waals surface area contributed by atoms with Crippen molar-refractivity contribution in [2.24, 2.45) is 5.92 Å². The van der Waals surface area contributed by atoms with Crippen LogP contribution in [0.25, 0.3) is 11.7 Å². The van der Waals surface area contributed by atoms with Gasteiger partial charge in [-0.05, 0) is 43.0 Å². The molecular formula is C25H26N4O2S2. The van der Waals surface area contributed by atoms with Gasteiger partial charge in [-0.2, -0.15) is 0 Å². The number of hydrogen-bond acceptors (Lipinski definition) is 6. The first-order valence-electron chi connectivity index (χ1n) is 10.9. The number of amides is 1. The summed E-state index contributed by atoms with van der Waals surface area (Å²) in [4.78, 5) is 33.5. The smallest absolute Gasteiger partial charge is 0.267 e. The normalized spacial score (nSPS) is 16.3. The number of thiocarbonyl (C=S) groups is 1. The van der Waals surface area contributed by atoms with E-state index >= 15 is 0 Å². The highest BCUT2D eigenvalue weighted by Crippen LogP contribution is 2.38. The number of aryl methyl sites for hydroxylation is 1. The number of hydrogen-bond donors (Lipinski definition) is 1. The van der Waals surface area contributed by atoms with Gasteiger partial charge in [0.15, 0.2) is 0 Å². The van der Waals surface area contributed by atoms with Gasteiger partial charge in [0.05, 0.1) is 16.5 Å². The maximum Gasteiger partial charge on any atom is 0.267 e. The molecule has 0 saturated carbocycles. The van der Waals surface area contributed by atoms with Crippen LogP contribution >= 0.6 is 24.0 Å². The van der Waals surface area contributed by atoms with Crippen molar-refractivity contribution < 1.29 is 4.79 Å². The third-order valence-corrected chi connectivity index (χ3v) is 6.86. The van der Waals surface area contributed by atoms with Crippen LogP contribution in [0.2, 0.25) is 0 Å². The van der Waals surface area contributed by atoms with Gasteiger partial charge in [-0.3, -0.25) is 18.9 Å². The van der Waals surface area contributed by atoms with E-state index in [2.05, 4.69) is 19.2 Å². The molecule has 1 aromatic carbocycles. The summed E-state index contributed by atoms with van der Waals surface area (Å²) in [6.45, 7) is 8.70. The number of nitrogens with one attached hydrogen (secondary N) is 1. The van der Waals surface area contributed by atoms with Gasteiger partial charge in [-0.1, -0.05) is 74.2 Å². The number of pyridine rings is 1. The molecular weight excluding hydrogens is 452 g/mol. The standard InChI is InChI=1S/C25H26N4O2S2/c1-15(2)14-26-21-19(23(30)28-12-8-9-16(3)22(28)27-21)13-20-24(31)29(25(32)33-20)17(4)18-10-6-5-7-11-18/h5-13,15,17,26H,14H2,1-4H3/b20-13-/t17-/m0/s1. The van der Waals surface area contributed by atoms with Crippen molar-refractivity contribution in [2.75, 3.05) is 11.9 Å². The van der Waals surface area contributed by atoms with Crippen molar-refractivity contribution in [3.8, 4) is 0 Å². The second-order valence-electron chi connectivity index (χ2n) is 8.48. The quantitative estimate of drug-likeness (QED) is 0.396. The largest absolute Gasteiger partial charge is 0.369 e. The summed E-state index contributed by atoms with van der Waals surface area (Å²) in [5, 5.41) is 3.30. The summed E-state index contributed by atoms with van der Waals surface area (Å²) in [5.74, 6) is 0.634. The minimum absolute atomic E-state index is 0.204. The average molecular weight is 479 g/mol. The highest BCUT2D eigenvalue weighted by atomic mass is 32.2. The predicted octanol–water partition coefficient (Wildman–Crippen LogP) is 5.03. The van der Waals surface area contributed by atoms with Crippen LogP contribution in [-0.2, 0) is 4.79 Å². The van der Waals surface area contributed by atoms with E-state index in [1.54, 1.807) is 17.2 Å². The number of carbonyl (C=O) groups is 1. The first kappa shape index (κ1) is 23.2. The number of thioether (sulfide) groups is 1. The minimum Gasteiger partial charge on any atom is -0.369 e. The van der Waals surface area contributed by atoms with Gasteiger partial charge in [0.25, 0.3) is 11.5 Å². The Morgan fingerprint density at radius 3 is 2.55 bits per heavy atom. The number of nitrogens with zero attached hydrogens (tertiary/aromatic N) is 3. The van der Waals surface area contributed by atoms with Crippen LogP contribution in [-0.4, -0.2) is 31.1 Å². The van der Waals surface area contributed by atoms with Gasteiger partial charge in [0.2, 0.25) is 0 Å². The lowest BCUT2D eigenvalue weighted by Gasteiger charge is -2.23. The van der Waals surface area contributed by atoms with E-state index in [1.807, 2.05) is 56.3 Å². The van der Waals surface area contributed by atoms with E-state index in [4.69, 9.17) is 17.2 Å². The zero-order chi connectivity index (χ0) is 23.7.